The van der Waals surface area contributed by atoms with Crippen LogP contribution in [0.15, 0.2) is 12.1 Å². The average molecular weight is 271 g/mol. The van der Waals surface area contributed by atoms with Gasteiger partial charge in [-0.15, -0.1) is 0 Å². The molecule has 1 amide bonds. The van der Waals surface area contributed by atoms with Crippen molar-refractivity contribution in [2.24, 2.45) is 0 Å². The molecule has 0 saturated carbocycles. The fraction of sp³-hybridized carbons (Fsp3) is 0.333. The first-order chi connectivity index (χ1) is 8.90. The normalized spacial score (nSPS) is 17.5. The zero-order valence-corrected chi connectivity index (χ0v) is 10.2. The van der Waals surface area contributed by atoms with Crippen LogP contribution in [0, 0.1) is 0 Å². The average Bonchev–Trinajstić information content (AvgIpc) is 2.30. The van der Waals surface area contributed by atoms with Gasteiger partial charge >= 0.3 is 6.61 Å². The zero-order valence-electron chi connectivity index (χ0n) is 10.2. The Kier molecular flexibility index (Phi) is 3.37. The van der Waals surface area contributed by atoms with Crippen molar-refractivity contribution in [3.8, 4) is 11.5 Å². The molecule has 102 valence electrons. The van der Waals surface area contributed by atoms with Crippen molar-refractivity contribution in [1.82, 2.24) is 0 Å². The van der Waals surface area contributed by atoms with Gasteiger partial charge in [-0.25, -0.2) is 0 Å². The standard InChI is InChI=1S/C12H11F2NO4/c1-5(16)7-3-4-8(19-12(13)14)10-9(7)15-11(17)6(2)18-10/h3-4,6,12H,1-2H3,(H,15,17). The summed E-state index contributed by atoms with van der Waals surface area (Å²) in [5.74, 6) is -1.05. The van der Waals surface area contributed by atoms with Gasteiger partial charge in [0.1, 0.15) is 0 Å². The number of halogens is 2. The smallest absolute Gasteiger partial charge is 0.387 e. The van der Waals surface area contributed by atoms with Crippen molar-refractivity contribution in [1.29, 1.82) is 0 Å². The lowest BCUT2D eigenvalue weighted by molar-refractivity contribution is -0.122. The van der Waals surface area contributed by atoms with Gasteiger partial charge < -0.3 is 14.8 Å². The first-order valence-electron chi connectivity index (χ1n) is 5.50. The minimum absolute atomic E-state index is 0.0555. The van der Waals surface area contributed by atoms with Gasteiger partial charge in [0.2, 0.25) is 0 Å². The van der Waals surface area contributed by atoms with E-state index in [9.17, 15) is 18.4 Å². The molecule has 0 fully saturated rings. The van der Waals surface area contributed by atoms with Crippen molar-refractivity contribution in [3.63, 3.8) is 0 Å². The maximum atomic E-state index is 12.3. The van der Waals surface area contributed by atoms with Crippen LogP contribution < -0.4 is 14.8 Å². The number of anilines is 1. The number of hydrogen-bond donors (Lipinski definition) is 1. The number of carbonyl (C=O) groups excluding carboxylic acids is 2. The first kappa shape index (κ1) is 13.3. The molecular weight excluding hydrogens is 260 g/mol. The molecule has 19 heavy (non-hydrogen) atoms. The van der Waals surface area contributed by atoms with E-state index in [0.29, 0.717) is 0 Å². The molecule has 0 aliphatic carbocycles. The number of ether oxygens (including phenoxy) is 2. The lowest BCUT2D eigenvalue weighted by Crippen LogP contribution is -2.35. The van der Waals surface area contributed by atoms with E-state index < -0.39 is 18.6 Å². The molecule has 1 aliphatic rings. The van der Waals surface area contributed by atoms with Crippen LogP contribution in [-0.2, 0) is 4.79 Å². The maximum absolute atomic E-state index is 12.3. The van der Waals surface area contributed by atoms with Crippen LogP contribution >= 0.6 is 0 Å². The second kappa shape index (κ2) is 4.83. The van der Waals surface area contributed by atoms with Crippen LogP contribution in [-0.4, -0.2) is 24.4 Å². The number of nitrogens with one attached hydrogen (secondary N) is 1. The molecule has 1 aliphatic heterocycles. The Balaban J connectivity index is 2.54. The number of amides is 1. The molecule has 1 unspecified atom stereocenters. The number of ketones is 1. The van der Waals surface area contributed by atoms with E-state index in [1.54, 1.807) is 0 Å². The Morgan fingerprint density at radius 1 is 1.47 bits per heavy atom. The van der Waals surface area contributed by atoms with Crippen molar-refractivity contribution >= 4 is 17.4 Å². The summed E-state index contributed by atoms with van der Waals surface area (Å²) in [6, 6.07) is 2.52. The van der Waals surface area contributed by atoms with Gasteiger partial charge in [-0.05, 0) is 26.0 Å². The van der Waals surface area contributed by atoms with Crippen molar-refractivity contribution in [2.75, 3.05) is 5.32 Å². The molecule has 0 radical (unpaired) electrons. The molecule has 0 bridgehead atoms. The Hall–Kier alpha value is -2.18. The highest BCUT2D eigenvalue weighted by Gasteiger charge is 2.30. The Morgan fingerprint density at radius 3 is 2.74 bits per heavy atom. The fourth-order valence-corrected chi connectivity index (χ4v) is 1.74. The van der Waals surface area contributed by atoms with Gasteiger partial charge in [0.05, 0.1) is 5.69 Å². The van der Waals surface area contributed by atoms with E-state index in [0.717, 1.165) is 0 Å². The minimum atomic E-state index is -3.02. The molecule has 1 heterocycles. The molecule has 1 aromatic carbocycles. The molecule has 7 heteroatoms. The van der Waals surface area contributed by atoms with Crippen LogP contribution in [0.25, 0.3) is 0 Å². The molecule has 5 nitrogen and oxygen atoms in total. The Labute approximate surface area is 107 Å². The molecule has 0 saturated heterocycles. The second-order valence-electron chi connectivity index (χ2n) is 4.00. The molecule has 0 spiro atoms. The van der Waals surface area contributed by atoms with E-state index in [4.69, 9.17) is 4.74 Å². The second-order valence-corrected chi connectivity index (χ2v) is 4.00. The van der Waals surface area contributed by atoms with Crippen LogP contribution in [0.5, 0.6) is 11.5 Å². The highest BCUT2D eigenvalue weighted by Crippen LogP contribution is 2.42. The number of fused-ring (bicyclic) bond motifs is 1. The predicted molar refractivity (Wildman–Crippen MR) is 61.8 cm³/mol. The lowest BCUT2D eigenvalue weighted by Gasteiger charge is -2.26. The van der Waals surface area contributed by atoms with Gasteiger partial charge in [-0.3, -0.25) is 9.59 Å². The summed E-state index contributed by atoms with van der Waals surface area (Å²) in [7, 11) is 0. The van der Waals surface area contributed by atoms with E-state index >= 15 is 0 Å². The summed E-state index contributed by atoms with van der Waals surface area (Å²) >= 11 is 0. The number of Topliss-reactive ketones (excluding diaryl/α,β-unsaturated/α-hetero) is 1. The molecule has 1 atom stereocenters. The van der Waals surface area contributed by atoms with Gasteiger partial charge in [-0.2, -0.15) is 8.78 Å². The lowest BCUT2D eigenvalue weighted by atomic mass is 10.1. The number of alkyl halides is 2. The number of hydrogen-bond acceptors (Lipinski definition) is 4. The van der Waals surface area contributed by atoms with Gasteiger partial charge in [0.15, 0.2) is 23.4 Å². The molecule has 0 aromatic heterocycles. The summed E-state index contributed by atoms with van der Waals surface area (Å²) in [6.07, 6.45) is -0.852. The van der Waals surface area contributed by atoms with E-state index in [1.165, 1.54) is 26.0 Å². The zero-order chi connectivity index (χ0) is 14.2. The minimum Gasteiger partial charge on any atom is -0.475 e. The summed E-state index contributed by atoms with van der Waals surface area (Å²) < 4.78 is 34.1. The quantitative estimate of drug-likeness (QED) is 0.856. The summed E-state index contributed by atoms with van der Waals surface area (Å²) in [6.45, 7) is -0.262. The van der Waals surface area contributed by atoms with E-state index in [1.807, 2.05) is 0 Å². The largest absolute Gasteiger partial charge is 0.475 e. The first-order valence-corrected chi connectivity index (χ1v) is 5.50. The SMILES string of the molecule is CC(=O)c1ccc(OC(F)F)c2c1NC(=O)C(C)O2. The van der Waals surface area contributed by atoms with Gasteiger partial charge in [0, 0.05) is 5.56 Å². The Morgan fingerprint density at radius 2 is 2.16 bits per heavy atom. The van der Waals surface area contributed by atoms with Gasteiger partial charge in [0.25, 0.3) is 5.91 Å². The summed E-state index contributed by atoms with van der Waals surface area (Å²) in [5.41, 5.74) is 0.241. The molecule has 1 aromatic rings. The van der Waals surface area contributed by atoms with E-state index in [2.05, 4.69) is 10.1 Å². The third kappa shape index (κ3) is 2.49. The Bertz CT molecular complexity index is 545. The fourth-order valence-electron chi connectivity index (χ4n) is 1.74. The van der Waals surface area contributed by atoms with Crippen LogP contribution in [0.3, 0.4) is 0 Å². The summed E-state index contributed by atoms with van der Waals surface area (Å²) in [4.78, 5) is 23.0. The number of benzene rings is 1. The van der Waals surface area contributed by atoms with Crippen molar-refractivity contribution in [3.05, 3.63) is 17.7 Å². The van der Waals surface area contributed by atoms with Crippen molar-refractivity contribution in [2.45, 2.75) is 26.6 Å². The molecule has 2 rings (SSSR count). The molecular formula is C12H11F2NO4. The highest BCUT2D eigenvalue weighted by atomic mass is 19.3. The monoisotopic (exact) mass is 271 g/mol. The number of rotatable bonds is 3. The van der Waals surface area contributed by atoms with Gasteiger partial charge in [-0.1, -0.05) is 0 Å². The third-order valence-corrected chi connectivity index (χ3v) is 2.63. The number of carbonyl (C=O) groups is 2. The maximum Gasteiger partial charge on any atom is 0.387 e. The molecule has 1 N–H and O–H groups in total. The van der Waals surface area contributed by atoms with Crippen LogP contribution in [0.4, 0.5) is 14.5 Å². The van der Waals surface area contributed by atoms with E-state index in [-0.39, 0.29) is 28.5 Å². The topological polar surface area (TPSA) is 64.6 Å². The van der Waals surface area contributed by atoms with Crippen LogP contribution in [0.1, 0.15) is 24.2 Å². The third-order valence-electron chi connectivity index (χ3n) is 2.63. The predicted octanol–water partition coefficient (Wildman–Crippen LogP) is 2.21. The summed E-state index contributed by atoms with van der Waals surface area (Å²) in [5, 5.41) is 2.46. The van der Waals surface area contributed by atoms with Crippen LogP contribution in [0.2, 0.25) is 0 Å². The van der Waals surface area contributed by atoms with Crippen molar-refractivity contribution < 1.29 is 27.8 Å². The highest BCUT2D eigenvalue weighted by molar-refractivity contribution is 6.08.